The molecule has 2 aromatic rings. The number of rotatable bonds is 4. The summed E-state index contributed by atoms with van der Waals surface area (Å²) in [7, 11) is 0. The highest BCUT2D eigenvalue weighted by molar-refractivity contribution is 5.34. The summed E-state index contributed by atoms with van der Waals surface area (Å²) in [5, 5.41) is 10.3. The van der Waals surface area contributed by atoms with E-state index in [-0.39, 0.29) is 6.61 Å². The summed E-state index contributed by atoms with van der Waals surface area (Å²) in [6.45, 7) is 6.30. The minimum absolute atomic E-state index is 0.273. The van der Waals surface area contributed by atoms with E-state index in [1.54, 1.807) is 0 Å². The third-order valence-corrected chi connectivity index (χ3v) is 3.28. The van der Waals surface area contributed by atoms with Gasteiger partial charge in [-0.3, -0.25) is 0 Å². The fourth-order valence-corrected chi connectivity index (χ4v) is 2.10. The molecule has 1 unspecified atom stereocenters. The van der Waals surface area contributed by atoms with Crippen molar-refractivity contribution in [2.45, 2.75) is 26.9 Å². The van der Waals surface area contributed by atoms with Crippen LogP contribution in [0.15, 0.2) is 42.5 Å². The van der Waals surface area contributed by atoms with Crippen LogP contribution in [-0.4, -0.2) is 11.7 Å². The van der Waals surface area contributed by atoms with Crippen molar-refractivity contribution in [1.29, 1.82) is 0 Å². The van der Waals surface area contributed by atoms with E-state index in [0.717, 1.165) is 28.0 Å². The first-order chi connectivity index (χ1) is 9.08. The molecule has 2 heteroatoms. The Morgan fingerprint density at radius 1 is 1.00 bits per heavy atom. The van der Waals surface area contributed by atoms with Crippen LogP contribution < -0.4 is 4.74 Å². The molecule has 0 amide bonds. The van der Waals surface area contributed by atoms with Crippen molar-refractivity contribution in [2.75, 3.05) is 6.61 Å². The Morgan fingerprint density at radius 2 is 1.74 bits per heavy atom. The summed E-state index contributed by atoms with van der Waals surface area (Å²) in [4.78, 5) is 0. The predicted octanol–water partition coefficient (Wildman–Crippen LogP) is 3.72. The SMILES string of the molecule is Cc1ccc(C)c(C(O)COc2ccccc2C)c1. The standard InChI is InChI=1S/C17H20O2/c1-12-8-9-13(2)15(10-12)16(18)11-19-17-7-5-4-6-14(17)3/h4-10,16,18H,11H2,1-3H3. The maximum atomic E-state index is 10.3. The molecule has 100 valence electrons. The molecule has 0 aliphatic carbocycles. The zero-order chi connectivity index (χ0) is 13.8. The average Bonchev–Trinajstić information content (AvgIpc) is 2.40. The van der Waals surface area contributed by atoms with Gasteiger partial charge in [-0.2, -0.15) is 0 Å². The lowest BCUT2D eigenvalue weighted by molar-refractivity contribution is 0.107. The van der Waals surface area contributed by atoms with Crippen LogP contribution in [0.4, 0.5) is 0 Å². The highest BCUT2D eigenvalue weighted by Gasteiger charge is 2.12. The Balaban J connectivity index is 2.07. The molecule has 0 aliphatic rings. The molecule has 0 aromatic heterocycles. The predicted molar refractivity (Wildman–Crippen MR) is 77.5 cm³/mol. The largest absolute Gasteiger partial charge is 0.490 e. The molecule has 0 saturated heterocycles. The zero-order valence-electron chi connectivity index (χ0n) is 11.7. The number of ether oxygens (including phenoxy) is 1. The van der Waals surface area contributed by atoms with Crippen LogP contribution in [0.2, 0.25) is 0 Å². The summed E-state index contributed by atoms with van der Waals surface area (Å²) in [5.41, 5.74) is 4.26. The summed E-state index contributed by atoms with van der Waals surface area (Å²) in [6, 6.07) is 13.9. The van der Waals surface area contributed by atoms with Crippen LogP contribution in [-0.2, 0) is 0 Å². The maximum absolute atomic E-state index is 10.3. The van der Waals surface area contributed by atoms with E-state index in [0.29, 0.717) is 0 Å². The van der Waals surface area contributed by atoms with Gasteiger partial charge in [0.1, 0.15) is 18.5 Å². The molecule has 0 fully saturated rings. The van der Waals surface area contributed by atoms with Crippen molar-refractivity contribution in [3.05, 3.63) is 64.7 Å². The summed E-state index contributed by atoms with van der Waals surface area (Å²) in [6.07, 6.45) is -0.598. The van der Waals surface area contributed by atoms with Crippen molar-refractivity contribution in [3.63, 3.8) is 0 Å². The van der Waals surface area contributed by atoms with Gasteiger partial charge in [0.05, 0.1) is 0 Å². The van der Waals surface area contributed by atoms with Gasteiger partial charge >= 0.3 is 0 Å². The van der Waals surface area contributed by atoms with Gasteiger partial charge in [0.15, 0.2) is 0 Å². The molecule has 0 heterocycles. The summed E-state index contributed by atoms with van der Waals surface area (Å²) < 4.78 is 5.70. The minimum Gasteiger partial charge on any atom is -0.490 e. The van der Waals surface area contributed by atoms with Crippen LogP contribution in [0.25, 0.3) is 0 Å². The van der Waals surface area contributed by atoms with Crippen molar-refractivity contribution in [3.8, 4) is 5.75 Å². The highest BCUT2D eigenvalue weighted by Crippen LogP contribution is 2.22. The quantitative estimate of drug-likeness (QED) is 0.903. The summed E-state index contributed by atoms with van der Waals surface area (Å²) in [5.74, 6) is 0.826. The van der Waals surface area contributed by atoms with Gasteiger partial charge in [0.25, 0.3) is 0 Å². The third-order valence-electron chi connectivity index (χ3n) is 3.28. The molecule has 0 spiro atoms. The lowest BCUT2D eigenvalue weighted by atomic mass is 10.0. The Labute approximate surface area is 114 Å². The van der Waals surface area contributed by atoms with E-state index in [1.807, 2.05) is 63.2 Å². The Morgan fingerprint density at radius 3 is 2.47 bits per heavy atom. The van der Waals surface area contributed by atoms with Crippen LogP contribution in [0.3, 0.4) is 0 Å². The van der Waals surface area contributed by atoms with Crippen LogP contribution in [0, 0.1) is 20.8 Å². The molecular formula is C17H20O2. The van der Waals surface area contributed by atoms with Crippen LogP contribution >= 0.6 is 0 Å². The van der Waals surface area contributed by atoms with Crippen LogP contribution in [0.5, 0.6) is 5.75 Å². The number of para-hydroxylation sites is 1. The van der Waals surface area contributed by atoms with E-state index < -0.39 is 6.10 Å². The number of hydrogen-bond acceptors (Lipinski definition) is 2. The number of aryl methyl sites for hydroxylation is 3. The molecular weight excluding hydrogens is 236 g/mol. The fraction of sp³-hybridized carbons (Fsp3) is 0.294. The normalized spacial score (nSPS) is 12.2. The van der Waals surface area contributed by atoms with E-state index in [1.165, 1.54) is 0 Å². The molecule has 0 radical (unpaired) electrons. The van der Waals surface area contributed by atoms with Gasteiger partial charge in [-0.05, 0) is 43.5 Å². The fourth-order valence-electron chi connectivity index (χ4n) is 2.10. The molecule has 0 bridgehead atoms. The van der Waals surface area contributed by atoms with Crippen molar-refractivity contribution in [1.82, 2.24) is 0 Å². The molecule has 2 rings (SSSR count). The van der Waals surface area contributed by atoms with E-state index in [2.05, 4.69) is 0 Å². The van der Waals surface area contributed by atoms with Gasteiger partial charge in [0, 0.05) is 0 Å². The lowest BCUT2D eigenvalue weighted by Gasteiger charge is -2.16. The first kappa shape index (κ1) is 13.6. The number of aliphatic hydroxyl groups excluding tert-OH is 1. The number of aliphatic hydroxyl groups is 1. The van der Waals surface area contributed by atoms with Crippen molar-refractivity contribution >= 4 is 0 Å². The summed E-state index contributed by atoms with van der Waals surface area (Å²) >= 11 is 0. The number of hydrogen-bond donors (Lipinski definition) is 1. The van der Waals surface area contributed by atoms with E-state index in [9.17, 15) is 5.11 Å². The topological polar surface area (TPSA) is 29.5 Å². The van der Waals surface area contributed by atoms with Gasteiger partial charge in [-0.1, -0.05) is 42.0 Å². The molecule has 1 N–H and O–H groups in total. The minimum atomic E-state index is -0.598. The third kappa shape index (κ3) is 3.36. The highest BCUT2D eigenvalue weighted by atomic mass is 16.5. The zero-order valence-corrected chi connectivity index (χ0v) is 11.7. The molecule has 0 aliphatic heterocycles. The Kier molecular flexibility index (Phi) is 4.23. The second kappa shape index (κ2) is 5.89. The second-order valence-corrected chi connectivity index (χ2v) is 4.95. The Hall–Kier alpha value is -1.80. The average molecular weight is 256 g/mol. The van der Waals surface area contributed by atoms with E-state index >= 15 is 0 Å². The van der Waals surface area contributed by atoms with Gasteiger partial charge in [-0.25, -0.2) is 0 Å². The molecule has 2 nitrogen and oxygen atoms in total. The lowest BCUT2D eigenvalue weighted by Crippen LogP contribution is -2.11. The van der Waals surface area contributed by atoms with Gasteiger partial charge in [0.2, 0.25) is 0 Å². The molecule has 1 atom stereocenters. The molecule has 19 heavy (non-hydrogen) atoms. The number of benzene rings is 2. The van der Waals surface area contributed by atoms with Crippen molar-refractivity contribution < 1.29 is 9.84 Å². The van der Waals surface area contributed by atoms with Crippen LogP contribution in [0.1, 0.15) is 28.4 Å². The van der Waals surface area contributed by atoms with Gasteiger partial charge in [-0.15, -0.1) is 0 Å². The monoisotopic (exact) mass is 256 g/mol. The second-order valence-electron chi connectivity index (χ2n) is 4.95. The first-order valence-electron chi connectivity index (χ1n) is 6.51. The maximum Gasteiger partial charge on any atom is 0.122 e. The molecule has 2 aromatic carbocycles. The van der Waals surface area contributed by atoms with Gasteiger partial charge < -0.3 is 9.84 Å². The van der Waals surface area contributed by atoms with E-state index in [4.69, 9.17) is 4.74 Å². The smallest absolute Gasteiger partial charge is 0.122 e. The first-order valence-corrected chi connectivity index (χ1v) is 6.51. The molecule has 0 saturated carbocycles. The van der Waals surface area contributed by atoms with Crippen molar-refractivity contribution in [2.24, 2.45) is 0 Å². The Bertz CT molecular complexity index is 561.